The van der Waals surface area contributed by atoms with E-state index in [1.54, 1.807) is 20.8 Å². The van der Waals surface area contributed by atoms with Crippen LogP contribution in [0.1, 0.15) is 46.5 Å². The van der Waals surface area contributed by atoms with Gasteiger partial charge in [-0.2, -0.15) is 12.6 Å². The summed E-state index contributed by atoms with van der Waals surface area (Å²) < 4.78 is 5.13. The number of carboxylic acid groups (broad SMARTS) is 1. The Kier molecular flexibility index (Phi) is 7.86. The monoisotopic (exact) mass is 360 g/mol. The Morgan fingerprint density at radius 3 is 2.58 bits per heavy atom. The Bertz CT molecular complexity index is 464. The van der Waals surface area contributed by atoms with Crippen LogP contribution in [0.25, 0.3) is 0 Å². The second-order valence-electron chi connectivity index (χ2n) is 6.98. The normalized spacial score (nSPS) is 19.0. The van der Waals surface area contributed by atoms with Gasteiger partial charge in [0.2, 0.25) is 5.91 Å². The van der Waals surface area contributed by atoms with E-state index in [1.807, 2.05) is 0 Å². The predicted molar refractivity (Wildman–Crippen MR) is 93.2 cm³/mol. The maximum Gasteiger partial charge on any atom is 0.407 e. The van der Waals surface area contributed by atoms with Crippen molar-refractivity contribution < 1.29 is 24.2 Å². The second-order valence-corrected chi connectivity index (χ2v) is 7.34. The topological polar surface area (TPSA) is 95.9 Å². The molecule has 0 saturated carbocycles. The zero-order valence-corrected chi connectivity index (χ0v) is 15.5. The summed E-state index contributed by atoms with van der Waals surface area (Å²) in [6.07, 6.45) is 1.87. The third-order valence-corrected chi connectivity index (χ3v) is 4.23. The van der Waals surface area contributed by atoms with Gasteiger partial charge < -0.3 is 20.1 Å². The Hall–Kier alpha value is -1.44. The summed E-state index contributed by atoms with van der Waals surface area (Å²) in [5.41, 5.74) is -0.546. The number of nitrogens with one attached hydrogen (secondary N) is 1. The molecular formula is C16H28N2O5S. The number of alkyl carbamates (subject to hydrolysis) is 1. The molecule has 1 aliphatic rings. The van der Waals surface area contributed by atoms with Gasteiger partial charge in [-0.25, -0.2) is 9.59 Å². The first kappa shape index (κ1) is 20.6. The molecule has 1 aliphatic heterocycles. The van der Waals surface area contributed by atoms with E-state index in [0.717, 1.165) is 0 Å². The molecule has 2 N–H and O–H groups in total. The second kappa shape index (κ2) is 9.15. The summed E-state index contributed by atoms with van der Waals surface area (Å²) in [5, 5.41) is 11.8. The highest BCUT2D eigenvalue weighted by molar-refractivity contribution is 7.80. The third-order valence-electron chi connectivity index (χ3n) is 3.79. The fraction of sp³-hybridized carbons (Fsp3) is 0.812. The van der Waals surface area contributed by atoms with Gasteiger partial charge in [0.1, 0.15) is 11.6 Å². The molecule has 1 unspecified atom stereocenters. The number of amides is 2. The Morgan fingerprint density at radius 1 is 1.38 bits per heavy atom. The lowest BCUT2D eigenvalue weighted by molar-refractivity contribution is -0.149. The van der Waals surface area contributed by atoms with E-state index in [0.29, 0.717) is 44.5 Å². The molecule has 0 aliphatic carbocycles. The largest absolute Gasteiger partial charge is 0.480 e. The smallest absolute Gasteiger partial charge is 0.407 e. The molecule has 0 aromatic carbocycles. The van der Waals surface area contributed by atoms with Crippen LogP contribution in [0.3, 0.4) is 0 Å². The van der Waals surface area contributed by atoms with Crippen LogP contribution in [0.4, 0.5) is 4.79 Å². The van der Waals surface area contributed by atoms with Crippen molar-refractivity contribution in [3.63, 3.8) is 0 Å². The molecule has 2 amide bonds. The van der Waals surface area contributed by atoms with E-state index >= 15 is 0 Å². The van der Waals surface area contributed by atoms with E-state index in [1.165, 1.54) is 4.90 Å². The van der Waals surface area contributed by atoms with Gasteiger partial charge in [0.05, 0.1) is 0 Å². The quantitative estimate of drug-likeness (QED) is 0.476. The number of nitrogens with zero attached hydrogens (tertiary/aromatic N) is 1. The fourth-order valence-corrected chi connectivity index (χ4v) is 3.01. The Balaban J connectivity index is 2.40. The number of carbonyl (C=O) groups is 3. The molecule has 0 spiro atoms. The molecule has 0 bridgehead atoms. The lowest BCUT2D eigenvalue weighted by Crippen LogP contribution is -2.44. The maximum absolute atomic E-state index is 12.5. The molecular weight excluding hydrogens is 332 g/mol. The number of hydrogen-bond acceptors (Lipinski definition) is 5. The Morgan fingerprint density at radius 2 is 2.04 bits per heavy atom. The van der Waals surface area contributed by atoms with Crippen LogP contribution in [0.5, 0.6) is 0 Å². The van der Waals surface area contributed by atoms with Crippen molar-refractivity contribution in [3.8, 4) is 0 Å². The molecule has 24 heavy (non-hydrogen) atoms. The lowest BCUT2D eigenvalue weighted by atomic mass is 10.0. The highest BCUT2D eigenvalue weighted by Gasteiger charge is 2.36. The first-order valence-electron chi connectivity index (χ1n) is 8.26. The molecule has 1 fully saturated rings. The van der Waals surface area contributed by atoms with E-state index in [4.69, 9.17) is 4.74 Å². The third kappa shape index (κ3) is 6.59. The summed E-state index contributed by atoms with van der Waals surface area (Å²) in [6, 6.07) is -0.722. The molecule has 1 heterocycles. The molecule has 0 radical (unpaired) electrons. The van der Waals surface area contributed by atoms with E-state index in [2.05, 4.69) is 17.9 Å². The molecule has 138 valence electrons. The van der Waals surface area contributed by atoms with Gasteiger partial charge in [-0.15, -0.1) is 0 Å². The molecule has 0 aromatic heterocycles. The average molecular weight is 360 g/mol. The summed E-state index contributed by atoms with van der Waals surface area (Å²) >= 11 is 4.22. The number of carbonyl (C=O) groups excluding carboxylic acids is 2. The number of likely N-dealkylation sites (tertiary alicyclic amines) is 1. The molecule has 0 aromatic rings. The van der Waals surface area contributed by atoms with Crippen LogP contribution in [0.2, 0.25) is 0 Å². The first-order valence-corrected chi connectivity index (χ1v) is 8.90. The van der Waals surface area contributed by atoms with Crippen molar-refractivity contribution >= 4 is 30.6 Å². The highest BCUT2D eigenvalue weighted by Crippen LogP contribution is 2.22. The van der Waals surface area contributed by atoms with Gasteiger partial charge in [-0.3, -0.25) is 4.79 Å². The summed E-state index contributed by atoms with van der Waals surface area (Å²) in [7, 11) is 0. The van der Waals surface area contributed by atoms with Crippen LogP contribution in [-0.2, 0) is 14.3 Å². The predicted octanol–water partition coefficient (Wildman–Crippen LogP) is 1.91. The number of ether oxygens (including phenoxy) is 1. The summed E-state index contributed by atoms with van der Waals surface area (Å²) in [6.45, 7) is 6.25. The van der Waals surface area contributed by atoms with Gasteiger partial charge in [-0.1, -0.05) is 0 Å². The van der Waals surface area contributed by atoms with Crippen LogP contribution >= 0.6 is 12.6 Å². The average Bonchev–Trinajstić information content (AvgIpc) is 2.94. The minimum absolute atomic E-state index is 0.160. The van der Waals surface area contributed by atoms with Crippen molar-refractivity contribution in [1.29, 1.82) is 0 Å². The van der Waals surface area contributed by atoms with Gasteiger partial charge in [0.15, 0.2) is 0 Å². The number of carboxylic acids is 1. The number of aliphatic carboxylic acids is 1. The van der Waals surface area contributed by atoms with Crippen molar-refractivity contribution in [1.82, 2.24) is 10.2 Å². The van der Waals surface area contributed by atoms with Crippen LogP contribution in [-0.4, -0.2) is 58.5 Å². The molecule has 7 nitrogen and oxygen atoms in total. The van der Waals surface area contributed by atoms with Crippen LogP contribution in [0, 0.1) is 5.92 Å². The first-order chi connectivity index (χ1) is 11.2. The van der Waals surface area contributed by atoms with E-state index in [-0.39, 0.29) is 11.8 Å². The van der Waals surface area contributed by atoms with Gasteiger partial charge in [0, 0.05) is 24.8 Å². The number of hydrogen-bond donors (Lipinski definition) is 3. The molecule has 1 saturated heterocycles. The maximum atomic E-state index is 12.5. The van der Waals surface area contributed by atoms with Gasteiger partial charge >= 0.3 is 12.1 Å². The number of thiol groups is 1. The lowest BCUT2D eigenvalue weighted by Gasteiger charge is -2.26. The van der Waals surface area contributed by atoms with Gasteiger partial charge in [0.25, 0.3) is 0 Å². The van der Waals surface area contributed by atoms with Crippen LogP contribution < -0.4 is 5.32 Å². The van der Waals surface area contributed by atoms with Gasteiger partial charge in [-0.05, 0) is 46.5 Å². The number of rotatable bonds is 7. The summed E-state index contributed by atoms with van der Waals surface area (Å²) in [4.78, 5) is 36.7. The zero-order valence-electron chi connectivity index (χ0n) is 14.6. The standard InChI is InChI=1S/C16H28N2O5S/c1-16(2,3)23-15(22)17-8-4-6-11(10-24)13(19)18-9-5-7-12(18)14(20)21/h11-12,24H,4-10H2,1-3H3,(H,17,22)(H,20,21)/t11?,12-/m0/s1. The summed E-state index contributed by atoms with van der Waals surface area (Å²) in [5.74, 6) is -1.10. The SMILES string of the molecule is CC(C)(C)OC(=O)NCCCC(CS)C(=O)N1CCC[C@H]1C(=O)O. The zero-order chi connectivity index (χ0) is 18.3. The minimum Gasteiger partial charge on any atom is -0.480 e. The van der Waals surface area contributed by atoms with Crippen LogP contribution in [0.15, 0.2) is 0 Å². The van der Waals surface area contributed by atoms with Crippen molar-refractivity contribution in [3.05, 3.63) is 0 Å². The molecule has 2 atom stereocenters. The van der Waals surface area contributed by atoms with E-state index in [9.17, 15) is 19.5 Å². The molecule has 1 rings (SSSR count). The minimum atomic E-state index is -0.953. The van der Waals surface area contributed by atoms with E-state index < -0.39 is 23.7 Å². The molecule has 8 heteroatoms. The van der Waals surface area contributed by atoms with Crippen molar-refractivity contribution in [2.45, 2.75) is 58.1 Å². The van der Waals surface area contributed by atoms with Crippen molar-refractivity contribution in [2.24, 2.45) is 5.92 Å². The Labute approximate surface area is 148 Å². The fourth-order valence-electron chi connectivity index (χ4n) is 2.67. The highest BCUT2D eigenvalue weighted by atomic mass is 32.1. The van der Waals surface area contributed by atoms with Crippen molar-refractivity contribution in [2.75, 3.05) is 18.8 Å².